The van der Waals surface area contributed by atoms with Gasteiger partial charge < -0.3 is 36.9 Å². The zero-order valence-corrected chi connectivity index (χ0v) is 16.2. The maximum atomic E-state index is 10.9. The molecule has 6 atom stereocenters. The summed E-state index contributed by atoms with van der Waals surface area (Å²) in [5.41, 5.74) is 18.3. The van der Waals surface area contributed by atoms with Crippen molar-refractivity contribution in [3.8, 4) is 12.3 Å². The van der Waals surface area contributed by atoms with Gasteiger partial charge in [0.25, 0.3) is 0 Å². The van der Waals surface area contributed by atoms with Crippen LogP contribution in [-0.4, -0.2) is 72.7 Å². The Morgan fingerprint density at radius 2 is 2.13 bits per heavy atom. The maximum Gasteiger partial charge on any atom is 0.320 e. The van der Waals surface area contributed by atoms with Crippen LogP contribution < -0.4 is 17.2 Å². The number of anilines is 1. The van der Waals surface area contributed by atoms with Crippen LogP contribution in [0, 0.1) is 12.3 Å². The highest BCUT2D eigenvalue weighted by Crippen LogP contribution is 2.35. The van der Waals surface area contributed by atoms with E-state index in [2.05, 4.69) is 20.9 Å². The van der Waals surface area contributed by atoms with Crippen molar-refractivity contribution in [2.24, 2.45) is 11.5 Å². The molecule has 30 heavy (non-hydrogen) atoms. The number of hydrogen-bond acceptors (Lipinski definition) is 10. The van der Waals surface area contributed by atoms with Gasteiger partial charge in [0.2, 0.25) is 0 Å². The third-order valence-electron chi connectivity index (χ3n) is 5.03. The number of terminal acetylenes is 1. The van der Waals surface area contributed by atoms with E-state index in [0.717, 1.165) is 0 Å². The van der Waals surface area contributed by atoms with E-state index in [1.54, 1.807) is 4.57 Å². The minimum Gasteiger partial charge on any atom is -0.480 e. The summed E-state index contributed by atoms with van der Waals surface area (Å²) in [5, 5.41) is 19.8. The summed E-state index contributed by atoms with van der Waals surface area (Å²) in [6, 6.07) is -1.41. The van der Waals surface area contributed by atoms with Gasteiger partial charge in [-0.05, 0) is 19.3 Å². The molecule has 3 heterocycles. The molecule has 1 aliphatic heterocycles. The maximum absolute atomic E-state index is 10.9. The summed E-state index contributed by atoms with van der Waals surface area (Å²) in [6.07, 6.45) is 5.65. The highest BCUT2D eigenvalue weighted by molar-refractivity contribution is 5.81. The topological polar surface area (TPSA) is 198 Å². The molecule has 12 nitrogen and oxygen atoms in total. The van der Waals surface area contributed by atoms with Crippen molar-refractivity contribution in [3.63, 3.8) is 0 Å². The Balaban J connectivity index is 1.76. The van der Waals surface area contributed by atoms with Crippen LogP contribution in [0.25, 0.3) is 11.2 Å². The van der Waals surface area contributed by atoms with Crippen LogP contribution in [0.1, 0.15) is 25.5 Å². The number of aromatic nitrogens is 4. The molecule has 0 saturated carbocycles. The zero-order valence-electron chi connectivity index (χ0n) is 16.2. The van der Waals surface area contributed by atoms with Crippen molar-refractivity contribution in [1.82, 2.24) is 19.5 Å². The third kappa shape index (κ3) is 4.50. The number of carbonyl (C=O) groups is 1. The summed E-state index contributed by atoms with van der Waals surface area (Å²) >= 11 is 0. The highest BCUT2D eigenvalue weighted by Gasteiger charge is 2.46. The second-order valence-corrected chi connectivity index (χ2v) is 7.14. The molecule has 0 bridgehead atoms. The van der Waals surface area contributed by atoms with Crippen molar-refractivity contribution >= 4 is 23.0 Å². The van der Waals surface area contributed by atoms with Crippen LogP contribution in [-0.2, 0) is 14.3 Å². The van der Waals surface area contributed by atoms with Crippen molar-refractivity contribution in [3.05, 3.63) is 12.7 Å². The van der Waals surface area contributed by atoms with Crippen LogP contribution in [0.15, 0.2) is 12.7 Å². The van der Waals surface area contributed by atoms with E-state index in [1.807, 2.05) is 0 Å². The molecular formula is C18H25N7O5. The number of carboxylic acid groups (broad SMARTS) is 1. The van der Waals surface area contributed by atoms with Gasteiger partial charge in [0.1, 0.15) is 36.7 Å². The monoisotopic (exact) mass is 419 g/mol. The first kappa shape index (κ1) is 21.9. The lowest BCUT2D eigenvalue weighted by atomic mass is 9.98. The summed E-state index contributed by atoms with van der Waals surface area (Å²) in [6.45, 7) is -0.0206. The quantitative estimate of drug-likeness (QED) is 0.299. The first-order chi connectivity index (χ1) is 14.3. The summed E-state index contributed by atoms with van der Waals surface area (Å²) in [5.74, 6) is 1.49. The fourth-order valence-corrected chi connectivity index (χ4v) is 3.48. The molecule has 12 heteroatoms. The standard InChI is InChI=1S/C18H25N7O5/c1-2-5-29-14-11(6-9(19)3-4-10(20)18(27)28)30-17(13(14)26)25-8-24-12-15(21)22-7-23-16(12)25/h1,7-11,13-14,17,26H,3-6,19-20H2,(H,27,28)(H2,21,22,23)/t9-,10-,11+,13+,14+,17?/m0/s1. The van der Waals surface area contributed by atoms with E-state index in [9.17, 15) is 9.90 Å². The molecule has 0 spiro atoms. The SMILES string of the molecule is C#CCO[C@@H]1[C@@H](C[C@@H](N)CC[C@H](N)C(=O)O)OC(n2cnc3c(N)ncnc32)[C@@H]1O. The number of aliphatic hydroxyl groups is 1. The molecule has 1 aliphatic rings. The van der Waals surface area contributed by atoms with E-state index in [4.69, 9.17) is 38.2 Å². The molecule has 8 N–H and O–H groups in total. The molecule has 0 radical (unpaired) electrons. The number of aliphatic hydroxyl groups excluding tert-OH is 1. The number of nitrogens with two attached hydrogens (primary N) is 3. The number of nitrogens with zero attached hydrogens (tertiary/aromatic N) is 4. The number of aliphatic carboxylic acids is 1. The Bertz CT molecular complexity index is 929. The minimum absolute atomic E-state index is 0.0206. The van der Waals surface area contributed by atoms with Crippen LogP contribution in [0.5, 0.6) is 0 Å². The lowest BCUT2D eigenvalue weighted by Gasteiger charge is -2.22. The first-order valence-corrected chi connectivity index (χ1v) is 9.39. The van der Waals surface area contributed by atoms with Gasteiger partial charge in [-0.25, -0.2) is 15.0 Å². The number of hydrogen-bond donors (Lipinski definition) is 5. The largest absolute Gasteiger partial charge is 0.480 e. The molecule has 162 valence electrons. The Hall–Kier alpha value is -2.82. The Morgan fingerprint density at radius 1 is 1.37 bits per heavy atom. The zero-order chi connectivity index (χ0) is 21.8. The summed E-state index contributed by atoms with van der Waals surface area (Å²) in [4.78, 5) is 23.1. The predicted molar refractivity (Wildman–Crippen MR) is 106 cm³/mol. The molecule has 2 aromatic heterocycles. The van der Waals surface area contributed by atoms with Crippen LogP contribution in [0.3, 0.4) is 0 Å². The van der Waals surface area contributed by atoms with Crippen molar-refractivity contribution in [2.75, 3.05) is 12.3 Å². The second-order valence-electron chi connectivity index (χ2n) is 7.14. The number of rotatable bonds is 9. The lowest BCUT2D eigenvalue weighted by Crippen LogP contribution is -2.39. The molecule has 1 unspecified atom stereocenters. The number of fused-ring (bicyclic) bond motifs is 1. The first-order valence-electron chi connectivity index (χ1n) is 9.39. The van der Waals surface area contributed by atoms with Gasteiger partial charge in [0.15, 0.2) is 17.7 Å². The highest BCUT2D eigenvalue weighted by atomic mass is 16.6. The smallest absolute Gasteiger partial charge is 0.320 e. The average Bonchev–Trinajstić information content (AvgIpc) is 3.26. The molecular weight excluding hydrogens is 394 g/mol. The average molecular weight is 419 g/mol. The summed E-state index contributed by atoms with van der Waals surface area (Å²) in [7, 11) is 0. The van der Waals surface area contributed by atoms with Crippen molar-refractivity contribution in [1.29, 1.82) is 0 Å². The molecule has 3 rings (SSSR count). The van der Waals surface area contributed by atoms with Crippen LogP contribution in [0.2, 0.25) is 0 Å². The normalized spacial score (nSPS) is 25.8. The molecule has 1 saturated heterocycles. The Kier molecular flexibility index (Phi) is 6.80. The van der Waals surface area contributed by atoms with Crippen LogP contribution >= 0.6 is 0 Å². The van der Waals surface area contributed by atoms with Crippen molar-refractivity contribution in [2.45, 2.75) is 55.9 Å². The van der Waals surface area contributed by atoms with Gasteiger partial charge in [-0.3, -0.25) is 9.36 Å². The number of ether oxygens (including phenoxy) is 2. The molecule has 1 fully saturated rings. The van der Waals surface area contributed by atoms with E-state index < -0.39 is 42.6 Å². The van der Waals surface area contributed by atoms with Crippen molar-refractivity contribution < 1.29 is 24.5 Å². The van der Waals surface area contributed by atoms with Crippen LogP contribution in [0.4, 0.5) is 5.82 Å². The predicted octanol–water partition coefficient (Wildman–Crippen LogP) is -1.41. The molecule has 2 aromatic rings. The summed E-state index contributed by atoms with van der Waals surface area (Å²) < 4.78 is 13.2. The van der Waals surface area contributed by atoms with Gasteiger partial charge in [-0.1, -0.05) is 5.92 Å². The number of nitrogen functional groups attached to an aromatic ring is 1. The fraction of sp³-hybridized carbons (Fsp3) is 0.556. The third-order valence-corrected chi connectivity index (χ3v) is 5.03. The van der Waals surface area contributed by atoms with E-state index in [1.165, 1.54) is 12.7 Å². The molecule has 0 aromatic carbocycles. The van der Waals surface area contributed by atoms with E-state index in [0.29, 0.717) is 24.0 Å². The van der Waals surface area contributed by atoms with E-state index in [-0.39, 0.29) is 18.8 Å². The Labute approximate surface area is 172 Å². The lowest BCUT2D eigenvalue weighted by molar-refractivity contribution is -0.138. The second kappa shape index (κ2) is 9.33. The number of carboxylic acids is 1. The minimum atomic E-state index is -1.08. The van der Waals surface area contributed by atoms with Gasteiger partial charge in [-0.15, -0.1) is 6.42 Å². The molecule has 0 amide bonds. The van der Waals surface area contributed by atoms with Gasteiger partial charge in [0.05, 0.1) is 12.4 Å². The fourth-order valence-electron chi connectivity index (χ4n) is 3.48. The van der Waals surface area contributed by atoms with Gasteiger partial charge in [0, 0.05) is 6.04 Å². The van der Waals surface area contributed by atoms with E-state index >= 15 is 0 Å². The molecule has 0 aliphatic carbocycles. The number of imidazole rings is 1. The van der Waals surface area contributed by atoms with Gasteiger partial charge >= 0.3 is 5.97 Å². The Morgan fingerprint density at radius 3 is 2.83 bits per heavy atom. The van der Waals surface area contributed by atoms with Gasteiger partial charge in [-0.2, -0.15) is 0 Å².